The number of nitro benzene ring substituents is 1. The number of benzene rings is 1. The molecular weight excluding hydrogens is 261 g/mol. The standard InChI is InChI=1S/C14H16FN3O2/c1-2-14(16)11-3-4-17(9-11)8-10-5-12(15)7-13(6-10)18(19)20/h3-7,9,14H,2,8,16H2,1H3. The second-order valence-electron chi connectivity index (χ2n) is 4.71. The quantitative estimate of drug-likeness (QED) is 0.674. The van der Waals surface area contributed by atoms with Crippen molar-refractivity contribution in [2.24, 2.45) is 5.73 Å². The number of nitrogens with two attached hydrogens (primary N) is 1. The summed E-state index contributed by atoms with van der Waals surface area (Å²) in [6, 6.07) is 5.46. The number of hydrogen-bond donors (Lipinski definition) is 1. The second kappa shape index (κ2) is 5.83. The Labute approximate surface area is 116 Å². The monoisotopic (exact) mass is 277 g/mol. The van der Waals surface area contributed by atoms with Gasteiger partial charge in [0.1, 0.15) is 5.82 Å². The number of hydrogen-bond acceptors (Lipinski definition) is 3. The summed E-state index contributed by atoms with van der Waals surface area (Å²) in [4.78, 5) is 10.1. The highest BCUT2D eigenvalue weighted by Gasteiger charge is 2.11. The molecule has 0 saturated carbocycles. The van der Waals surface area contributed by atoms with E-state index in [2.05, 4.69) is 0 Å². The van der Waals surface area contributed by atoms with Crippen LogP contribution >= 0.6 is 0 Å². The lowest BCUT2D eigenvalue weighted by molar-refractivity contribution is -0.385. The Morgan fingerprint density at radius 2 is 2.20 bits per heavy atom. The van der Waals surface area contributed by atoms with Crippen molar-refractivity contribution < 1.29 is 9.31 Å². The molecule has 1 aromatic heterocycles. The topological polar surface area (TPSA) is 74.1 Å². The summed E-state index contributed by atoms with van der Waals surface area (Å²) >= 11 is 0. The summed E-state index contributed by atoms with van der Waals surface area (Å²) in [6.07, 6.45) is 4.54. The molecular formula is C14H16FN3O2. The van der Waals surface area contributed by atoms with E-state index in [0.29, 0.717) is 12.1 Å². The van der Waals surface area contributed by atoms with Crippen LogP contribution in [0, 0.1) is 15.9 Å². The highest BCUT2D eigenvalue weighted by molar-refractivity contribution is 5.35. The van der Waals surface area contributed by atoms with E-state index in [0.717, 1.165) is 18.1 Å². The summed E-state index contributed by atoms with van der Waals surface area (Å²) in [5.41, 5.74) is 7.23. The molecule has 2 rings (SSSR count). The number of aromatic nitrogens is 1. The van der Waals surface area contributed by atoms with Crippen molar-refractivity contribution in [3.63, 3.8) is 0 Å². The molecule has 0 spiro atoms. The lowest BCUT2D eigenvalue weighted by atomic mass is 10.1. The van der Waals surface area contributed by atoms with Gasteiger partial charge in [-0.1, -0.05) is 6.92 Å². The Kier molecular flexibility index (Phi) is 4.14. The van der Waals surface area contributed by atoms with Gasteiger partial charge in [0.05, 0.1) is 11.0 Å². The number of nitro groups is 1. The molecule has 2 aromatic rings. The van der Waals surface area contributed by atoms with Crippen molar-refractivity contribution in [2.75, 3.05) is 0 Å². The van der Waals surface area contributed by atoms with Crippen LogP contribution in [0.3, 0.4) is 0 Å². The summed E-state index contributed by atoms with van der Waals surface area (Å²) < 4.78 is 15.2. The number of rotatable bonds is 5. The fourth-order valence-corrected chi connectivity index (χ4v) is 2.05. The predicted octanol–water partition coefficient (Wildman–Crippen LogP) is 2.99. The van der Waals surface area contributed by atoms with Crippen molar-refractivity contribution in [3.05, 3.63) is 63.7 Å². The average Bonchev–Trinajstić information content (AvgIpc) is 2.85. The van der Waals surface area contributed by atoms with Gasteiger partial charge in [0.25, 0.3) is 5.69 Å². The lowest BCUT2D eigenvalue weighted by Gasteiger charge is -2.06. The third-order valence-electron chi connectivity index (χ3n) is 3.16. The van der Waals surface area contributed by atoms with Crippen molar-refractivity contribution in [1.82, 2.24) is 4.57 Å². The summed E-state index contributed by atoms with van der Waals surface area (Å²) in [5, 5.41) is 10.7. The Morgan fingerprint density at radius 1 is 1.45 bits per heavy atom. The van der Waals surface area contributed by atoms with Crippen LogP contribution in [-0.4, -0.2) is 9.49 Å². The maximum Gasteiger partial charge on any atom is 0.272 e. The third kappa shape index (κ3) is 3.21. The van der Waals surface area contributed by atoms with Crippen LogP contribution in [0.5, 0.6) is 0 Å². The van der Waals surface area contributed by atoms with Crippen LogP contribution in [0.4, 0.5) is 10.1 Å². The van der Waals surface area contributed by atoms with E-state index in [1.54, 1.807) is 0 Å². The highest BCUT2D eigenvalue weighted by atomic mass is 19.1. The Morgan fingerprint density at radius 3 is 2.85 bits per heavy atom. The minimum absolute atomic E-state index is 0.0295. The maximum absolute atomic E-state index is 13.3. The molecule has 0 aliphatic heterocycles. The minimum Gasteiger partial charge on any atom is -0.350 e. The number of halogens is 1. The summed E-state index contributed by atoms with van der Waals surface area (Å²) in [7, 11) is 0. The molecule has 0 aliphatic rings. The minimum atomic E-state index is -0.605. The van der Waals surface area contributed by atoms with Gasteiger partial charge in [0, 0.05) is 31.0 Å². The molecule has 1 aromatic carbocycles. The zero-order chi connectivity index (χ0) is 14.7. The molecule has 2 N–H and O–H groups in total. The van der Waals surface area contributed by atoms with E-state index in [9.17, 15) is 14.5 Å². The molecule has 0 fully saturated rings. The SMILES string of the molecule is CCC(N)c1ccn(Cc2cc(F)cc([N+](=O)[O-])c2)c1. The molecule has 1 atom stereocenters. The molecule has 20 heavy (non-hydrogen) atoms. The normalized spacial score (nSPS) is 12.3. The molecule has 1 unspecified atom stereocenters. The van der Waals surface area contributed by atoms with Gasteiger partial charge in [-0.05, 0) is 29.7 Å². The molecule has 1 heterocycles. The molecule has 6 heteroatoms. The van der Waals surface area contributed by atoms with Gasteiger partial charge < -0.3 is 10.3 Å². The fourth-order valence-electron chi connectivity index (χ4n) is 2.05. The summed E-state index contributed by atoms with van der Waals surface area (Å²) in [5.74, 6) is -0.605. The first-order valence-electron chi connectivity index (χ1n) is 6.34. The first-order chi connectivity index (χ1) is 9.49. The predicted molar refractivity (Wildman–Crippen MR) is 73.8 cm³/mol. The van der Waals surface area contributed by atoms with E-state index < -0.39 is 10.7 Å². The third-order valence-corrected chi connectivity index (χ3v) is 3.16. The number of non-ortho nitro benzene ring substituents is 1. The molecule has 5 nitrogen and oxygen atoms in total. The molecule has 0 bridgehead atoms. The Bertz CT molecular complexity index is 625. The molecule has 0 aliphatic carbocycles. The van der Waals surface area contributed by atoms with E-state index in [4.69, 9.17) is 5.73 Å². The van der Waals surface area contributed by atoms with E-state index in [1.165, 1.54) is 12.1 Å². The second-order valence-corrected chi connectivity index (χ2v) is 4.71. The molecule has 0 amide bonds. The maximum atomic E-state index is 13.3. The van der Waals surface area contributed by atoms with Crippen LogP contribution in [0.25, 0.3) is 0 Å². The first-order valence-corrected chi connectivity index (χ1v) is 6.34. The van der Waals surface area contributed by atoms with Crippen LogP contribution in [0.2, 0.25) is 0 Å². The van der Waals surface area contributed by atoms with Gasteiger partial charge in [-0.25, -0.2) is 4.39 Å². The van der Waals surface area contributed by atoms with Crippen LogP contribution in [0.15, 0.2) is 36.7 Å². The number of nitrogens with zero attached hydrogens (tertiary/aromatic N) is 2. The van der Waals surface area contributed by atoms with Crippen LogP contribution in [-0.2, 0) is 6.54 Å². The van der Waals surface area contributed by atoms with Gasteiger partial charge >= 0.3 is 0 Å². The summed E-state index contributed by atoms with van der Waals surface area (Å²) in [6.45, 7) is 2.37. The Balaban J connectivity index is 2.21. The highest BCUT2D eigenvalue weighted by Crippen LogP contribution is 2.19. The van der Waals surface area contributed by atoms with Gasteiger partial charge in [-0.3, -0.25) is 10.1 Å². The van der Waals surface area contributed by atoms with E-state index in [-0.39, 0.29) is 11.7 Å². The van der Waals surface area contributed by atoms with Crippen molar-refractivity contribution in [3.8, 4) is 0 Å². The van der Waals surface area contributed by atoms with E-state index in [1.807, 2.05) is 30.0 Å². The zero-order valence-corrected chi connectivity index (χ0v) is 11.1. The molecule has 0 radical (unpaired) electrons. The largest absolute Gasteiger partial charge is 0.350 e. The lowest BCUT2D eigenvalue weighted by Crippen LogP contribution is -2.07. The molecule has 0 saturated heterocycles. The van der Waals surface area contributed by atoms with Crippen molar-refractivity contribution in [1.29, 1.82) is 0 Å². The van der Waals surface area contributed by atoms with Crippen LogP contribution in [0.1, 0.15) is 30.5 Å². The Hall–Kier alpha value is -2.21. The zero-order valence-electron chi connectivity index (χ0n) is 11.1. The molecule has 106 valence electrons. The van der Waals surface area contributed by atoms with Gasteiger partial charge in [-0.15, -0.1) is 0 Å². The van der Waals surface area contributed by atoms with Crippen molar-refractivity contribution >= 4 is 5.69 Å². The van der Waals surface area contributed by atoms with E-state index >= 15 is 0 Å². The van der Waals surface area contributed by atoms with Gasteiger partial charge in [0.2, 0.25) is 0 Å². The van der Waals surface area contributed by atoms with Gasteiger partial charge in [0.15, 0.2) is 0 Å². The smallest absolute Gasteiger partial charge is 0.272 e. The fraction of sp³-hybridized carbons (Fsp3) is 0.286. The van der Waals surface area contributed by atoms with Crippen molar-refractivity contribution in [2.45, 2.75) is 25.9 Å². The van der Waals surface area contributed by atoms with Crippen LogP contribution < -0.4 is 5.73 Å². The van der Waals surface area contributed by atoms with Gasteiger partial charge in [-0.2, -0.15) is 0 Å². The average molecular weight is 277 g/mol. The first kappa shape index (κ1) is 14.2.